The average Bonchev–Trinajstić information content (AvgIpc) is 2.47. The Bertz CT molecular complexity index is 597. The second kappa shape index (κ2) is 6.98. The first kappa shape index (κ1) is 15.9. The van der Waals surface area contributed by atoms with E-state index in [4.69, 9.17) is 5.73 Å². The minimum absolute atomic E-state index is 0.0361. The molecule has 0 heterocycles. The summed E-state index contributed by atoms with van der Waals surface area (Å²) < 4.78 is 26.9. The molecule has 6 heteroatoms. The molecule has 0 bridgehead atoms. The number of nitrogens with one attached hydrogen (secondary N) is 1. The van der Waals surface area contributed by atoms with Gasteiger partial charge in [-0.05, 0) is 51.3 Å². The van der Waals surface area contributed by atoms with Crippen LogP contribution in [0.3, 0.4) is 0 Å². The molecule has 2 rings (SSSR count). The number of hydrogen-bond acceptors (Lipinski definition) is 3. The number of rotatable bonds is 5. The lowest BCUT2D eigenvalue weighted by atomic mass is 10.1. The minimum Gasteiger partial charge on any atom is -0.395 e. The van der Waals surface area contributed by atoms with Crippen molar-refractivity contribution in [3.8, 4) is 0 Å². The number of nitrogens with two attached hydrogens (primary N) is 1. The molecule has 0 aliphatic rings. The molecule has 0 saturated carbocycles. The summed E-state index contributed by atoms with van der Waals surface area (Å²) in [6, 6.07) is 8.54. The van der Waals surface area contributed by atoms with Gasteiger partial charge in [0.05, 0.1) is 18.3 Å². The Balaban J connectivity index is 2.11. The molecule has 0 aromatic heterocycles. The molecule has 112 valence electrons. The summed E-state index contributed by atoms with van der Waals surface area (Å²) in [5.41, 5.74) is 7.01. The zero-order valence-corrected chi connectivity index (χ0v) is 12.7. The Morgan fingerprint density at radius 3 is 2.43 bits per heavy atom. The van der Waals surface area contributed by atoms with Gasteiger partial charge in [0.1, 0.15) is 11.6 Å². The fraction of sp³-hybridized carbons (Fsp3) is 0.200. The third-order valence-corrected chi connectivity index (χ3v) is 3.81. The number of anilines is 1. The zero-order valence-electron chi connectivity index (χ0n) is 11.1. The number of hydrogen-bond donors (Lipinski definition) is 3. The van der Waals surface area contributed by atoms with E-state index < -0.39 is 11.9 Å². The molecule has 1 atom stereocenters. The quantitative estimate of drug-likeness (QED) is 0.721. The first-order valence-electron chi connectivity index (χ1n) is 6.34. The van der Waals surface area contributed by atoms with Crippen molar-refractivity contribution in [3.05, 3.63) is 63.6 Å². The van der Waals surface area contributed by atoms with Crippen LogP contribution >= 0.6 is 15.9 Å². The molecule has 0 aliphatic heterocycles. The van der Waals surface area contributed by atoms with Gasteiger partial charge in [0.25, 0.3) is 0 Å². The predicted molar refractivity (Wildman–Crippen MR) is 81.6 cm³/mol. The van der Waals surface area contributed by atoms with Crippen LogP contribution in [0.25, 0.3) is 0 Å². The largest absolute Gasteiger partial charge is 0.395 e. The van der Waals surface area contributed by atoms with Crippen molar-refractivity contribution in [2.24, 2.45) is 0 Å². The summed E-state index contributed by atoms with van der Waals surface area (Å²) in [6.07, 6.45) is 0. The lowest BCUT2D eigenvalue weighted by Gasteiger charge is -2.18. The molecule has 2 aromatic rings. The molecule has 0 radical (unpaired) electrons. The maximum Gasteiger partial charge on any atom is 0.147 e. The van der Waals surface area contributed by atoms with E-state index in [9.17, 15) is 13.9 Å². The van der Waals surface area contributed by atoms with E-state index >= 15 is 0 Å². The van der Waals surface area contributed by atoms with Gasteiger partial charge in [0.15, 0.2) is 0 Å². The molecule has 0 fully saturated rings. The van der Waals surface area contributed by atoms with Gasteiger partial charge in [-0.15, -0.1) is 0 Å². The van der Waals surface area contributed by atoms with Crippen LogP contribution in [-0.2, 0) is 6.54 Å². The summed E-state index contributed by atoms with van der Waals surface area (Å²) in [5, 5.41) is 12.6. The highest BCUT2D eigenvalue weighted by atomic mass is 79.9. The van der Waals surface area contributed by atoms with Gasteiger partial charge in [-0.1, -0.05) is 12.1 Å². The number of benzene rings is 2. The smallest absolute Gasteiger partial charge is 0.147 e. The fourth-order valence-corrected chi connectivity index (χ4v) is 2.39. The topological polar surface area (TPSA) is 58.3 Å². The normalized spacial score (nSPS) is 12.4. The summed E-state index contributed by atoms with van der Waals surface area (Å²) in [5.74, 6) is -0.844. The van der Waals surface area contributed by atoms with Crippen molar-refractivity contribution in [2.75, 3.05) is 12.3 Å². The number of aliphatic hydroxyl groups is 1. The van der Waals surface area contributed by atoms with E-state index in [1.165, 1.54) is 18.2 Å². The zero-order chi connectivity index (χ0) is 15.4. The average molecular weight is 357 g/mol. The van der Waals surface area contributed by atoms with Crippen molar-refractivity contribution in [1.82, 2.24) is 5.32 Å². The van der Waals surface area contributed by atoms with Gasteiger partial charge < -0.3 is 16.2 Å². The second-order valence-electron chi connectivity index (χ2n) is 4.64. The molecular formula is C15H15BrF2N2O. The number of halogens is 3. The molecule has 3 nitrogen and oxygen atoms in total. The molecule has 21 heavy (non-hydrogen) atoms. The lowest BCUT2D eigenvalue weighted by molar-refractivity contribution is 0.243. The summed E-state index contributed by atoms with van der Waals surface area (Å²) in [4.78, 5) is 0. The van der Waals surface area contributed by atoms with Gasteiger partial charge in [-0.25, -0.2) is 8.78 Å². The van der Waals surface area contributed by atoms with Gasteiger partial charge in [-0.3, -0.25) is 0 Å². The SMILES string of the molecule is Nc1c(F)cc(C(CO)NCc2ccc(F)cc2)cc1Br. The molecular weight excluding hydrogens is 342 g/mol. The second-order valence-corrected chi connectivity index (χ2v) is 5.50. The van der Waals surface area contributed by atoms with Crippen LogP contribution in [0.4, 0.5) is 14.5 Å². The lowest BCUT2D eigenvalue weighted by Crippen LogP contribution is -2.24. The van der Waals surface area contributed by atoms with Crippen molar-refractivity contribution in [2.45, 2.75) is 12.6 Å². The summed E-state index contributed by atoms with van der Waals surface area (Å²) in [7, 11) is 0. The Hall–Kier alpha value is -1.50. The maximum absolute atomic E-state index is 13.6. The Morgan fingerprint density at radius 2 is 1.86 bits per heavy atom. The van der Waals surface area contributed by atoms with Crippen LogP contribution in [0, 0.1) is 11.6 Å². The Kier molecular flexibility index (Phi) is 5.27. The molecule has 0 amide bonds. The van der Waals surface area contributed by atoms with Gasteiger partial charge in [-0.2, -0.15) is 0 Å². The molecule has 2 aromatic carbocycles. The molecule has 0 aliphatic carbocycles. The third-order valence-electron chi connectivity index (χ3n) is 3.15. The molecule has 1 unspecified atom stereocenters. The minimum atomic E-state index is -0.540. The predicted octanol–water partition coefficient (Wildman–Crippen LogP) is 3.13. The maximum atomic E-state index is 13.6. The standard InChI is InChI=1S/C15H15BrF2N2O/c16-12-5-10(6-13(18)15(12)19)14(8-21)20-7-9-1-3-11(17)4-2-9/h1-6,14,20-21H,7-8,19H2. The van der Waals surface area contributed by atoms with E-state index in [1.807, 2.05) is 0 Å². The summed E-state index contributed by atoms with van der Waals surface area (Å²) in [6.45, 7) is 0.228. The molecule has 4 N–H and O–H groups in total. The van der Waals surface area contributed by atoms with Crippen molar-refractivity contribution < 1.29 is 13.9 Å². The summed E-state index contributed by atoms with van der Waals surface area (Å²) >= 11 is 3.18. The van der Waals surface area contributed by atoms with E-state index in [-0.39, 0.29) is 18.1 Å². The third kappa shape index (κ3) is 4.00. The molecule has 0 spiro atoms. The monoisotopic (exact) mass is 356 g/mol. The highest BCUT2D eigenvalue weighted by Gasteiger charge is 2.14. The first-order valence-corrected chi connectivity index (χ1v) is 7.13. The van der Waals surface area contributed by atoms with E-state index in [0.717, 1.165) is 5.56 Å². The Morgan fingerprint density at radius 1 is 1.19 bits per heavy atom. The van der Waals surface area contributed by atoms with Crippen molar-refractivity contribution in [1.29, 1.82) is 0 Å². The first-order chi connectivity index (χ1) is 10.0. The van der Waals surface area contributed by atoms with Crippen LogP contribution in [0.15, 0.2) is 40.9 Å². The van der Waals surface area contributed by atoms with E-state index in [0.29, 0.717) is 16.6 Å². The number of aliphatic hydroxyl groups excluding tert-OH is 1. The van der Waals surface area contributed by atoms with Gasteiger partial charge >= 0.3 is 0 Å². The molecule has 0 saturated heterocycles. The Labute approximate surface area is 129 Å². The highest BCUT2D eigenvalue weighted by molar-refractivity contribution is 9.10. The van der Waals surface area contributed by atoms with Crippen molar-refractivity contribution in [3.63, 3.8) is 0 Å². The van der Waals surface area contributed by atoms with Gasteiger partial charge in [0, 0.05) is 11.0 Å². The number of nitrogen functional groups attached to an aromatic ring is 1. The highest BCUT2D eigenvalue weighted by Crippen LogP contribution is 2.27. The van der Waals surface area contributed by atoms with Crippen LogP contribution in [0.2, 0.25) is 0 Å². The van der Waals surface area contributed by atoms with E-state index in [1.54, 1.807) is 18.2 Å². The fourth-order valence-electron chi connectivity index (χ4n) is 1.94. The van der Waals surface area contributed by atoms with E-state index in [2.05, 4.69) is 21.2 Å². The van der Waals surface area contributed by atoms with Crippen LogP contribution in [0.1, 0.15) is 17.2 Å². The van der Waals surface area contributed by atoms with Crippen LogP contribution in [0.5, 0.6) is 0 Å². The van der Waals surface area contributed by atoms with Crippen LogP contribution in [-0.4, -0.2) is 11.7 Å². The van der Waals surface area contributed by atoms with Crippen LogP contribution < -0.4 is 11.1 Å². The van der Waals surface area contributed by atoms with Gasteiger partial charge in [0.2, 0.25) is 0 Å². The van der Waals surface area contributed by atoms with Crippen molar-refractivity contribution >= 4 is 21.6 Å².